The average Bonchev–Trinajstić information content (AvgIpc) is 3.35. The lowest BCUT2D eigenvalue weighted by Crippen LogP contribution is -2.42. The number of thioether (sulfide) groups is 1. The summed E-state index contributed by atoms with van der Waals surface area (Å²) in [6.07, 6.45) is 8.01. The molecule has 0 bridgehead atoms. The molecule has 4 rings (SSSR count). The van der Waals surface area contributed by atoms with Gasteiger partial charge in [0.1, 0.15) is 11.6 Å². The summed E-state index contributed by atoms with van der Waals surface area (Å²) in [6.45, 7) is 3.56. The van der Waals surface area contributed by atoms with E-state index >= 15 is 0 Å². The highest BCUT2D eigenvalue weighted by atomic mass is 32.2. The normalized spacial score (nSPS) is 20.5. The summed E-state index contributed by atoms with van der Waals surface area (Å²) < 4.78 is 5.68. The van der Waals surface area contributed by atoms with Crippen LogP contribution in [0.5, 0.6) is 5.75 Å². The van der Waals surface area contributed by atoms with Gasteiger partial charge in [-0.05, 0) is 44.1 Å². The van der Waals surface area contributed by atoms with Gasteiger partial charge in [-0.25, -0.2) is 4.98 Å². The fraction of sp³-hybridized carbons (Fsp3) is 0.500. The Morgan fingerprint density at radius 2 is 2.31 bits per heavy atom. The van der Waals surface area contributed by atoms with Crippen LogP contribution >= 0.6 is 11.8 Å². The zero-order valence-corrected chi connectivity index (χ0v) is 16.1. The summed E-state index contributed by atoms with van der Waals surface area (Å²) in [5.74, 6) is 2.08. The number of carbonyl (C=O) groups excluding carboxylic acids is 1. The van der Waals surface area contributed by atoms with Gasteiger partial charge < -0.3 is 14.6 Å². The molecule has 0 radical (unpaired) electrons. The van der Waals surface area contributed by atoms with Crippen LogP contribution in [0.15, 0.2) is 24.4 Å². The number of aromatic amines is 1. The first-order valence-corrected chi connectivity index (χ1v) is 10.6. The van der Waals surface area contributed by atoms with Crippen LogP contribution in [0.25, 0.3) is 11.3 Å². The molecular weight excluding hydrogens is 346 g/mol. The number of hydrogen-bond acceptors (Lipinski definition) is 4. The minimum absolute atomic E-state index is 0.0149. The summed E-state index contributed by atoms with van der Waals surface area (Å²) >= 11 is 1.60. The van der Waals surface area contributed by atoms with E-state index in [-0.39, 0.29) is 17.2 Å². The lowest BCUT2D eigenvalue weighted by Gasteiger charge is -2.36. The molecule has 1 amide bonds. The van der Waals surface area contributed by atoms with Gasteiger partial charge in [0.05, 0.1) is 29.8 Å². The van der Waals surface area contributed by atoms with Crippen LogP contribution in [-0.4, -0.2) is 45.4 Å². The van der Waals surface area contributed by atoms with Crippen molar-refractivity contribution < 1.29 is 9.53 Å². The Hall–Kier alpha value is -1.95. The van der Waals surface area contributed by atoms with Gasteiger partial charge in [-0.3, -0.25) is 4.79 Å². The van der Waals surface area contributed by atoms with E-state index in [1.165, 1.54) is 5.56 Å². The van der Waals surface area contributed by atoms with Gasteiger partial charge in [0, 0.05) is 18.5 Å². The number of amides is 1. The monoisotopic (exact) mass is 371 g/mol. The van der Waals surface area contributed by atoms with Gasteiger partial charge in [0.15, 0.2) is 0 Å². The van der Waals surface area contributed by atoms with Crippen LogP contribution in [-0.2, 0) is 11.2 Å². The highest BCUT2D eigenvalue weighted by Crippen LogP contribution is 2.34. The SMILES string of the molecule is CSC(C)C(=O)N1CCCCC1c1ncc(-c2ccc3c(c2)OCC3)[nH]1. The lowest BCUT2D eigenvalue weighted by atomic mass is 10.0. The highest BCUT2D eigenvalue weighted by molar-refractivity contribution is 7.99. The van der Waals surface area contributed by atoms with E-state index in [4.69, 9.17) is 4.74 Å². The maximum atomic E-state index is 12.8. The van der Waals surface area contributed by atoms with E-state index < -0.39 is 0 Å². The molecule has 1 aromatic carbocycles. The minimum Gasteiger partial charge on any atom is -0.493 e. The number of carbonyl (C=O) groups is 1. The van der Waals surface area contributed by atoms with E-state index in [1.807, 2.05) is 24.3 Å². The first-order chi connectivity index (χ1) is 12.7. The molecule has 1 aromatic heterocycles. The molecular formula is C20H25N3O2S. The minimum atomic E-state index is -0.0149. The molecule has 0 aliphatic carbocycles. The van der Waals surface area contributed by atoms with Crippen LogP contribution in [0, 0.1) is 0 Å². The Labute approximate surface area is 158 Å². The molecule has 26 heavy (non-hydrogen) atoms. The Morgan fingerprint density at radius 3 is 3.15 bits per heavy atom. The van der Waals surface area contributed by atoms with Crippen molar-refractivity contribution >= 4 is 17.7 Å². The van der Waals surface area contributed by atoms with Gasteiger partial charge in [-0.15, -0.1) is 0 Å². The van der Waals surface area contributed by atoms with Gasteiger partial charge >= 0.3 is 0 Å². The number of nitrogens with zero attached hydrogens (tertiary/aromatic N) is 2. The third-order valence-corrected chi connectivity index (χ3v) is 6.31. The number of likely N-dealkylation sites (tertiary alicyclic amines) is 1. The number of rotatable bonds is 4. The molecule has 2 aromatic rings. The molecule has 1 fully saturated rings. The number of fused-ring (bicyclic) bond motifs is 1. The van der Waals surface area contributed by atoms with E-state index in [9.17, 15) is 4.79 Å². The summed E-state index contributed by atoms with van der Waals surface area (Å²) in [6, 6.07) is 6.38. The molecule has 3 heterocycles. The molecule has 0 saturated carbocycles. The second kappa shape index (κ2) is 7.35. The van der Waals surface area contributed by atoms with Crippen molar-refractivity contribution in [2.24, 2.45) is 0 Å². The lowest BCUT2D eigenvalue weighted by molar-refractivity contribution is -0.134. The number of ether oxygens (including phenoxy) is 1. The van der Waals surface area contributed by atoms with Crippen LogP contribution in [0.2, 0.25) is 0 Å². The third kappa shape index (κ3) is 3.22. The second-order valence-corrected chi connectivity index (χ2v) is 8.20. The Bertz CT molecular complexity index is 804. The Balaban J connectivity index is 1.59. The molecule has 2 unspecified atom stereocenters. The number of piperidine rings is 1. The number of aromatic nitrogens is 2. The summed E-state index contributed by atoms with van der Waals surface area (Å²) in [7, 11) is 0. The van der Waals surface area contributed by atoms with Crippen molar-refractivity contribution in [1.29, 1.82) is 0 Å². The highest BCUT2D eigenvalue weighted by Gasteiger charge is 2.32. The van der Waals surface area contributed by atoms with E-state index in [0.717, 1.165) is 61.7 Å². The van der Waals surface area contributed by atoms with Crippen molar-refractivity contribution in [2.75, 3.05) is 19.4 Å². The van der Waals surface area contributed by atoms with E-state index in [1.54, 1.807) is 11.8 Å². The zero-order valence-electron chi connectivity index (χ0n) is 15.3. The summed E-state index contributed by atoms with van der Waals surface area (Å²) in [5.41, 5.74) is 3.33. The molecule has 2 aliphatic heterocycles. The first-order valence-electron chi connectivity index (χ1n) is 9.31. The van der Waals surface area contributed by atoms with Gasteiger partial charge in [-0.1, -0.05) is 12.1 Å². The predicted octanol–water partition coefficient (Wildman–Crippen LogP) is 3.82. The van der Waals surface area contributed by atoms with Crippen molar-refractivity contribution in [3.63, 3.8) is 0 Å². The number of benzene rings is 1. The smallest absolute Gasteiger partial charge is 0.236 e. The Kier molecular flexibility index (Phi) is 4.94. The number of nitrogens with one attached hydrogen (secondary N) is 1. The van der Waals surface area contributed by atoms with Crippen LogP contribution < -0.4 is 4.74 Å². The van der Waals surface area contributed by atoms with Crippen LogP contribution in [0.4, 0.5) is 0 Å². The Morgan fingerprint density at radius 1 is 1.42 bits per heavy atom. The third-order valence-electron chi connectivity index (χ3n) is 5.41. The number of imidazole rings is 1. The number of hydrogen-bond donors (Lipinski definition) is 1. The van der Waals surface area contributed by atoms with Crippen molar-refractivity contribution in [1.82, 2.24) is 14.9 Å². The maximum absolute atomic E-state index is 12.8. The average molecular weight is 372 g/mol. The topological polar surface area (TPSA) is 58.2 Å². The van der Waals surface area contributed by atoms with Gasteiger partial charge in [-0.2, -0.15) is 11.8 Å². The largest absolute Gasteiger partial charge is 0.493 e. The van der Waals surface area contributed by atoms with Crippen molar-refractivity contribution in [2.45, 2.75) is 43.9 Å². The maximum Gasteiger partial charge on any atom is 0.236 e. The fourth-order valence-corrected chi connectivity index (χ4v) is 4.14. The molecule has 0 spiro atoms. The van der Waals surface area contributed by atoms with Crippen molar-refractivity contribution in [3.8, 4) is 17.0 Å². The van der Waals surface area contributed by atoms with Crippen molar-refractivity contribution in [3.05, 3.63) is 35.8 Å². The molecule has 2 aliphatic rings. The predicted molar refractivity (Wildman–Crippen MR) is 105 cm³/mol. The molecule has 5 nitrogen and oxygen atoms in total. The fourth-order valence-electron chi connectivity index (χ4n) is 3.80. The van der Waals surface area contributed by atoms with Gasteiger partial charge in [0.2, 0.25) is 5.91 Å². The molecule has 138 valence electrons. The molecule has 1 saturated heterocycles. The van der Waals surface area contributed by atoms with Crippen LogP contribution in [0.1, 0.15) is 43.6 Å². The van der Waals surface area contributed by atoms with E-state index in [0.29, 0.717) is 0 Å². The second-order valence-electron chi connectivity index (χ2n) is 7.02. The van der Waals surface area contributed by atoms with Crippen LogP contribution in [0.3, 0.4) is 0 Å². The quantitative estimate of drug-likeness (QED) is 0.888. The molecule has 2 atom stereocenters. The molecule has 1 N–H and O–H groups in total. The first kappa shape index (κ1) is 17.5. The number of H-pyrrole nitrogens is 1. The standard InChI is InChI=1S/C20H25N3O2S/c1-13(26-2)20(24)23-9-4-3-5-17(23)19-21-12-16(22-19)15-7-6-14-8-10-25-18(14)11-15/h6-7,11-13,17H,3-5,8-10H2,1-2H3,(H,21,22). The van der Waals surface area contributed by atoms with Gasteiger partial charge in [0.25, 0.3) is 0 Å². The molecule has 6 heteroatoms. The zero-order chi connectivity index (χ0) is 18.1. The summed E-state index contributed by atoms with van der Waals surface area (Å²) in [4.78, 5) is 22.9. The van der Waals surface area contributed by atoms with E-state index in [2.05, 4.69) is 28.2 Å². The summed E-state index contributed by atoms with van der Waals surface area (Å²) in [5, 5.41) is -0.0149.